The van der Waals surface area contributed by atoms with Crippen LogP contribution in [0.15, 0.2) is 30.3 Å². The molecule has 96 valence electrons. The minimum atomic E-state index is -0.455. The fourth-order valence-corrected chi connectivity index (χ4v) is 3.15. The van der Waals surface area contributed by atoms with Gasteiger partial charge >= 0.3 is 5.97 Å². The number of nitrogens with one attached hydrogen (secondary N) is 1. The lowest BCUT2D eigenvalue weighted by Gasteiger charge is -2.13. The van der Waals surface area contributed by atoms with Crippen LogP contribution in [0.3, 0.4) is 0 Å². The van der Waals surface area contributed by atoms with Gasteiger partial charge in [-0.2, -0.15) is 0 Å². The van der Waals surface area contributed by atoms with Gasteiger partial charge in [-0.15, -0.1) is 0 Å². The Morgan fingerprint density at radius 2 is 2.22 bits per heavy atom. The van der Waals surface area contributed by atoms with Crippen LogP contribution in [0.5, 0.6) is 0 Å². The van der Waals surface area contributed by atoms with E-state index in [9.17, 15) is 9.90 Å². The molecule has 0 spiro atoms. The molecule has 2 aliphatic rings. The fraction of sp³-hybridized carbons (Fsp3) is 0.500. The van der Waals surface area contributed by atoms with Gasteiger partial charge in [-0.05, 0) is 18.0 Å². The minimum Gasteiger partial charge on any atom is -0.460 e. The number of aliphatic hydroxyl groups is 1. The summed E-state index contributed by atoms with van der Waals surface area (Å²) in [4.78, 5) is 12.2. The van der Waals surface area contributed by atoms with Crippen molar-refractivity contribution >= 4 is 5.97 Å². The number of carbonyl (C=O) groups excluding carboxylic acids is 1. The number of fused-ring (bicyclic) bond motifs is 1. The van der Waals surface area contributed by atoms with E-state index in [0.29, 0.717) is 13.2 Å². The average molecular weight is 247 g/mol. The topological polar surface area (TPSA) is 58.6 Å². The summed E-state index contributed by atoms with van der Waals surface area (Å²) >= 11 is 0. The Labute approximate surface area is 106 Å². The predicted octanol–water partition coefficient (Wildman–Crippen LogP) is 0.558. The Balaban J connectivity index is 1.63. The molecule has 3 rings (SSSR count). The quantitative estimate of drug-likeness (QED) is 0.763. The SMILES string of the molecule is O=C(OCc1ccccc1)C12CNCC1C2CO. The van der Waals surface area contributed by atoms with Crippen LogP contribution < -0.4 is 5.32 Å². The van der Waals surface area contributed by atoms with Crippen molar-refractivity contribution in [1.82, 2.24) is 5.32 Å². The van der Waals surface area contributed by atoms with Gasteiger partial charge in [0.1, 0.15) is 6.61 Å². The van der Waals surface area contributed by atoms with Gasteiger partial charge in [0.15, 0.2) is 0 Å². The van der Waals surface area contributed by atoms with Crippen LogP contribution in [0.25, 0.3) is 0 Å². The molecule has 3 atom stereocenters. The van der Waals surface area contributed by atoms with Crippen LogP contribution in [0.1, 0.15) is 5.56 Å². The number of piperidine rings is 1. The van der Waals surface area contributed by atoms with Crippen molar-refractivity contribution in [2.45, 2.75) is 6.61 Å². The predicted molar refractivity (Wildman–Crippen MR) is 65.6 cm³/mol. The lowest BCUT2D eigenvalue weighted by molar-refractivity contribution is -0.152. The van der Waals surface area contributed by atoms with E-state index in [-0.39, 0.29) is 24.4 Å². The average Bonchev–Trinajstić information content (AvgIpc) is 2.83. The zero-order chi connectivity index (χ0) is 12.6. The summed E-state index contributed by atoms with van der Waals surface area (Å²) in [6, 6.07) is 9.66. The molecule has 1 aromatic carbocycles. The highest BCUT2D eigenvalue weighted by molar-refractivity contribution is 5.82. The molecule has 0 bridgehead atoms. The highest BCUT2D eigenvalue weighted by atomic mass is 16.5. The van der Waals surface area contributed by atoms with Gasteiger partial charge < -0.3 is 15.2 Å². The molecule has 0 amide bonds. The molecular formula is C14H17NO3. The molecule has 1 saturated heterocycles. The Kier molecular flexibility index (Phi) is 2.84. The molecule has 1 aliphatic carbocycles. The van der Waals surface area contributed by atoms with Crippen molar-refractivity contribution < 1.29 is 14.6 Å². The summed E-state index contributed by atoms with van der Waals surface area (Å²) in [6.45, 7) is 1.83. The number of benzene rings is 1. The first-order valence-corrected chi connectivity index (χ1v) is 6.32. The van der Waals surface area contributed by atoms with Crippen LogP contribution in [-0.2, 0) is 16.1 Å². The Morgan fingerprint density at radius 1 is 1.44 bits per heavy atom. The van der Waals surface area contributed by atoms with Gasteiger partial charge in [-0.1, -0.05) is 30.3 Å². The maximum Gasteiger partial charge on any atom is 0.314 e. The second-order valence-corrected chi connectivity index (χ2v) is 5.13. The standard InChI is InChI=1S/C14H17NO3/c16-7-12-11-6-15-9-14(11,12)13(17)18-8-10-4-2-1-3-5-10/h1-5,11-12,15-16H,6-9H2. The molecule has 2 N–H and O–H groups in total. The van der Waals surface area contributed by atoms with Crippen LogP contribution in [0.4, 0.5) is 0 Å². The zero-order valence-electron chi connectivity index (χ0n) is 10.1. The number of hydrogen-bond donors (Lipinski definition) is 2. The molecule has 2 fully saturated rings. The van der Waals surface area contributed by atoms with Crippen molar-refractivity contribution in [3.63, 3.8) is 0 Å². The van der Waals surface area contributed by atoms with Crippen LogP contribution in [-0.4, -0.2) is 30.8 Å². The summed E-state index contributed by atoms with van der Waals surface area (Å²) in [5.74, 6) is 0.174. The molecule has 1 aliphatic heterocycles. The number of aliphatic hydroxyl groups excluding tert-OH is 1. The zero-order valence-corrected chi connectivity index (χ0v) is 10.1. The molecule has 4 nitrogen and oxygen atoms in total. The smallest absolute Gasteiger partial charge is 0.314 e. The number of carbonyl (C=O) groups is 1. The van der Waals surface area contributed by atoms with E-state index >= 15 is 0 Å². The Morgan fingerprint density at radius 3 is 2.89 bits per heavy atom. The summed E-state index contributed by atoms with van der Waals surface area (Å²) in [7, 11) is 0. The minimum absolute atomic E-state index is 0.0762. The third kappa shape index (κ3) is 1.64. The van der Waals surface area contributed by atoms with E-state index < -0.39 is 5.41 Å². The van der Waals surface area contributed by atoms with E-state index in [0.717, 1.165) is 12.1 Å². The number of ether oxygens (including phenoxy) is 1. The number of esters is 1. The van der Waals surface area contributed by atoms with E-state index in [4.69, 9.17) is 4.74 Å². The summed E-state index contributed by atoms with van der Waals surface area (Å²) in [6.07, 6.45) is 0. The van der Waals surface area contributed by atoms with Crippen molar-refractivity contribution in [2.24, 2.45) is 17.3 Å². The number of rotatable bonds is 4. The van der Waals surface area contributed by atoms with Crippen molar-refractivity contribution in [2.75, 3.05) is 19.7 Å². The Bertz CT molecular complexity index is 442. The molecule has 1 aromatic rings. The monoisotopic (exact) mass is 247 g/mol. The summed E-state index contributed by atoms with van der Waals surface area (Å²) in [5, 5.41) is 12.5. The second-order valence-electron chi connectivity index (χ2n) is 5.13. The normalized spacial score (nSPS) is 32.9. The van der Waals surface area contributed by atoms with Crippen molar-refractivity contribution in [1.29, 1.82) is 0 Å². The van der Waals surface area contributed by atoms with E-state index in [1.807, 2.05) is 30.3 Å². The lowest BCUT2D eigenvalue weighted by atomic mass is 10.0. The van der Waals surface area contributed by atoms with Crippen LogP contribution >= 0.6 is 0 Å². The fourth-order valence-electron chi connectivity index (χ4n) is 3.15. The maximum absolute atomic E-state index is 12.2. The Hall–Kier alpha value is -1.39. The maximum atomic E-state index is 12.2. The van der Waals surface area contributed by atoms with E-state index in [1.165, 1.54) is 0 Å². The van der Waals surface area contributed by atoms with Crippen molar-refractivity contribution in [3.05, 3.63) is 35.9 Å². The molecule has 18 heavy (non-hydrogen) atoms. The molecule has 4 heteroatoms. The third-order valence-electron chi connectivity index (χ3n) is 4.27. The van der Waals surface area contributed by atoms with Crippen LogP contribution in [0, 0.1) is 17.3 Å². The molecule has 0 radical (unpaired) electrons. The van der Waals surface area contributed by atoms with Gasteiger partial charge in [0, 0.05) is 19.1 Å². The third-order valence-corrected chi connectivity index (χ3v) is 4.27. The molecule has 1 heterocycles. The molecule has 1 saturated carbocycles. The molecule has 0 aromatic heterocycles. The van der Waals surface area contributed by atoms with Gasteiger partial charge in [0.2, 0.25) is 0 Å². The molecule has 3 unspecified atom stereocenters. The summed E-state index contributed by atoms with van der Waals surface area (Å²) in [5.41, 5.74) is 0.537. The second kappa shape index (κ2) is 4.37. The summed E-state index contributed by atoms with van der Waals surface area (Å²) < 4.78 is 5.40. The first kappa shape index (κ1) is 11.7. The highest BCUT2D eigenvalue weighted by Crippen LogP contribution is 2.61. The van der Waals surface area contributed by atoms with Gasteiger partial charge in [0.25, 0.3) is 0 Å². The lowest BCUT2D eigenvalue weighted by Crippen LogP contribution is -2.29. The first-order valence-electron chi connectivity index (χ1n) is 6.32. The largest absolute Gasteiger partial charge is 0.460 e. The van der Waals surface area contributed by atoms with Gasteiger partial charge in [0.05, 0.1) is 5.41 Å². The number of hydrogen-bond acceptors (Lipinski definition) is 4. The highest BCUT2D eigenvalue weighted by Gasteiger charge is 2.72. The van der Waals surface area contributed by atoms with Crippen molar-refractivity contribution in [3.8, 4) is 0 Å². The van der Waals surface area contributed by atoms with Gasteiger partial charge in [-0.3, -0.25) is 4.79 Å². The van der Waals surface area contributed by atoms with E-state index in [2.05, 4.69) is 5.32 Å². The van der Waals surface area contributed by atoms with Crippen LogP contribution in [0.2, 0.25) is 0 Å². The van der Waals surface area contributed by atoms with E-state index in [1.54, 1.807) is 0 Å². The molecular weight excluding hydrogens is 230 g/mol. The first-order chi connectivity index (χ1) is 8.79. The van der Waals surface area contributed by atoms with Gasteiger partial charge in [-0.25, -0.2) is 0 Å².